The predicted octanol–water partition coefficient (Wildman–Crippen LogP) is 2.03. The van der Waals surface area contributed by atoms with E-state index in [1.54, 1.807) is 25.1 Å². The van der Waals surface area contributed by atoms with E-state index in [0.29, 0.717) is 13.1 Å². The van der Waals surface area contributed by atoms with Crippen LogP contribution >= 0.6 is 0 Å². The fraction of sp³-hybridized carbons (Fsp3) is 0.412. The number of amides is 2. The van der Waals surface area contributed by atoms with Gasteiger partial charge in [-0.1, -0.05) is 30.3 Å². The number of piperidine rings is 1. The molecule has 1 aliphatic heterocycles. The molecule has 4 nitrogen and oxygen atoms in total. The fourth-order valence-corrected chi connectivity index (χ4v) is 2.55. The number of carbonyl (C=O) groups excluding carboxylic acids is 2. The molecule has 1 aromatic rings. The lowest BCUT2D eigenvalue weighted by molar-refractivity contribution is -0.137. The molecule has 0 spiro atoms. The van der Waals surface area contributed by atoms with Crippen LogP contribution < -0.4 is 0 Å². The zero-order chi connectivity index (χ0) is 15.2. The summed E-state index contributed by atoms with van der Waals surface area (Å²) in [5.41, 5.74) is 1.02. The highest BCUT2D eigenvalue weighted by Gasteiger charge is 2.27. The quantitative estimate of drug-likeness (QED) is 0.798. The highest BCUT2D eigenvalue weighted by atomic mass is 16.2. The molecule has 0 aromatic heterocycles. The maximum absolute atomic E-state index is 12.1. The van der Waals surface area contributed by atoms with Crippen molar-refractivity contribution in [3.8, 4) is 0 Å². The van der Waals surface area contributed by atoms with E-state index in [4.69, 9.17) is 0 Å². The van der Waals surface area contributed by atoms with Crippen molar-refractivity contribution in [2.24, 2.45) is 5.92 Å². The smallest absolute Gasteiger partial charge is 0.246 e. The van der Waals surface area contributed by atoms with Crippen molar-refractivity contribution in [3.63, 3.8) is 0 Å². The van der Waals surface area contributed by atoms with Crippen molar-refractivity contribution in [3.05, 3.63) is 42.0 Å². The van der Waals surface area contributed by atoms with Gasteiger partial charge in [-0.15, -0.1) is 0 Å². The Kier molecular flexibility index (Phi) is 5.14. The number of rotatable bonds is 3. The summed E-state index contributed by atoms with van der Waals surface area (Å²) in [6.45, 7) is 1.31. The van der Waals surface area contributed by atoms with Crippen LogP contribution in [-0.2, 0) is 9.59 Å². The van der Waals surface area contributed by atoms with Crippen molar-refractivity contribution in [1.82, 2.24) is 9.80 Å². The summed E-state index contributed by atoms with van der Waals surface area (Å²) in [6, 6.07) is 9.77. The van der Waals surface area contributed by atoms with Crippen LogP contribution in [0, 0.1) is 5.92 Å². The number of likely N-dealkylation sites (tertiary alicyclic amines) is 1. The summed E-state index contributed by atoms with van der Waals surface area (Å²) in [5.74, 6) is 0.249. The highest BCUT2D eigenvalue weighted by Crippen LogP contribution is 2.19. The monoisotopic (exact) mass is 286 g/mol. The van der Waals surface area contributed by atoms with Gasteiger partial charge in [0.25, 0.3) is 0 Å². The van der Waals surface area contributed by atoms with Crippen molar-refractivity contribution in [1.29, 1.82) is 0 Å². The third kappa shape index (κ3) is 4.18. The summed E-state index contributed by atoms with van der Waals surface area (Å²) in [4.78, 5) is 27.5. The lowest BCUT2D eigenvalue weighted by Gasteiger charge is -2.31. The first-order valence-corrected chi connectivity index (χ1v) is 7.31. The number of nitrogens with zero attached hydrogens (tertiary/aromatic N) is 2. The fourth-order valence-electron chi connectivity index (χ4n) is 2.55. The molecule has 0 bridgehead atoms. The average molecular weight is 286 g/mol. The molecule has 0 unspecified atom stereocenters. The molecule has 0 N–H and O–H groups in total. The van der Waals surface area contributed by atoms with E-state index >= 15 is 0 Å². The van der Waals surface area contributed by atoms with Crippen LogP contribution in [-0.4, -0.2) is 48.8 Å². The maximum atomic E-state index is 12.1. The van der Waals surface area contributed by atoms with E-state index in [1.807, 2.05) is 41.3 Å². The largest absolute Gasteiger partial charge is 0.349 e. The van der Waals surface area contributed by atoms with E-state index in [2.05, 4.69) is 0 Å². The molecular weight excluding hydrogens is 264 g/mol. The Morgan fingerprint density at radius 2 is 1.76 bits per heavy atom. The van der Waals surface area contributed by atoms with Crippen LogP contribution in [0.5, 0.6) is 0 Å². The molecule has 0 saturated carbocycles. The zero-order valence-corrected chi connectivity index (χ0v) is 12.7. The molecule has 1 aliphatic rings. The van der Waals surface area contributed by atoms with Gasteiger partial charge in [0, 0.05) is 39.2 Å². The van der Waals surface area contributed by atoms with Gasteiger partial charge in [0.1, 0.15) is 0 Å². The second-order valence-electron chi connectivity index (χ2n) is 5.58. The third-order valence-corrected chi connectivity index (χ3v) is 3.81. The van der Waals surface area contributed by atoms with Crippen molar-refractivity contribution < 1.29 is 9.59 Å². The van der Waals surface area contributed by atoms with Crippen LogP contribution in [0.2, 0.25) is 0 Å². The number of hydrogen-bond donors (Lipinski definition) is 0. The summed E-state index contributed by atoms with van der Waals surface area (Å²) in [5, 5.41) is 0. The molecule has 0 atom stereocenters. The van der Waals surface area contributed by atoms with E-state index in [9.17, 15) is 9.59 Å². The Morgan fingerprint density at radius 3 is 2.33 bits per heavy atom. The molecule has 1 aromatic carbocycles. The lowest BCUT2D eigenvalue weighted by atomic mass is 9.95. The first-order chi connectivity index (χ1) is 10.1. The zero-order valence-electron chi connectivity index (χ0n) is 12.7. The standard InChI is InChI=1S/C17H22N2O2/c1-18(2)17(21)15-10-12-19(13-11-15)16(20)9-8-14-6-4-3-5-7-14/h3-9,15H,10-13H2,1-2H3/b9-8+. The minimum absolute atomic E-state index is 0.0228. The van der Waals surface area contributed by atoms with E-state index < -0.39 is 0 Å². The van der Waals surface area contributed by atoms with Gasteiger partial charge in [-0.05, 0) is 24.5 Å². The lowest BCUT2D eigenvalue weighted by Crippen LogP contribution is -2.42. The van der Waals surface area contributed by atoms with Crippen molar-refractivity contribution in [2.45, 2.75) is 12.8 Å². The van der Waals surface area contributed by atoms with Gasteiger partial charge in [-0.25, -0.2) is 0 Å². The molecule has 0 aliphatic carbocycles. The van der Waals surface area contributed by atoms with Gasteiger partial charge in [0.05, 0.1) is 0 Å². The number of hydrogen-bond acceptors (Lipinski definition) is 2. The van der Waals surface area contributed by atoms with Crippen LogP contribution in [0.3, 0.4) is 0 Å². The molecule has 1 fully saturated rings. The first kappa shape index (κ1) is 15.3. The maximum Gasteiger partial charge on any atom is 0.246 e. The molecule has 0 radical (unpaired) electrons. The van der Waals surface area contributed by atoms with Gasteiger partial charge in [0.2, 0.25) is 11.8 Å². The minimum Gasteiger partial charge on any atom is -0.349 e. The Balaban J connectivity index is 1.86. The van der Waals surface area contributed by atoms with Crippen LogP contribution in [0.1, 0.15) is 18.4 Å². The van der Waals surface area contributed by atoms with Gasteiger partial charge < -0.3 is 9.80 Å². The first-order valence-electron chi connectivity index (χ1n) is 7.31. The average Bonchev–Trinajstić information content (AvgIpc) is 2.53. The predicted molar refractivity (Wildman–Crippen MR) is 83.5 cm³/mol. The molecule has 1 heterocycles. The number of benzene rings is 1. The summed E-state index contributed by atoms with van der Waals surface area (Å²) in [6.07, 6.45) is 4.95. The van der Waals surface area contributed by atoms with Gasteiger partial charge in [0.15, 0.2) is 0 Å². The Labute approximate surface area is 126 Å². The summed E-state index contributed by atoms with van der Waals surface area (Å²) in [7, 11) is 3.56. The topological polar surface area (TPSA) is 40.6 Å². The van der Waals surface area contributed by atoms with Crippen LogP contribution in [0.4, 0.5) is 0 Å². The van der Waals surface area contributed by atoms with E-state index in [-0.39, 0.29) is 17.7 Å². The molecule has 1 saturated heterocycles. The Morgan fingerprint density at radius 1 is 1.14 bits per heavy atom. The summed E-state index contributed by atoms with van der Waals surface area (Å²) < 4.78 is 0. The highest BCUT2D eigenvalue weighted by molar-refractivity contribution is 5.92. The molecule has 2 rings (SSSR count). The molecular formula is C17H22N2O2. The molecule has 2 amide bonds. The van der Waals surface area contributed by atoms with Gasteiger partial charge in [-0.2, -0.15) is 0 Å². The van der Waals surface area contributed by atoms with Crippen LogP contribution in [0.15, 0.2) is 36.4 Å². The van der Waals surface area contributed by atoms with Gasteiger partial charge >= 0.3 is 0 Å². The third-order valence-electron chi connectivity index (χ3n) is 3.81. The Bertz CT molecular complexity index is 515. The summed E-state index contributed by atoms with van der Waals surface area (Å²) >= 11 is 0. The van der Waals surface area contributed by atoms with E-state index in [0.717, 1.165) is 18.4 Å². The molecule has 21 heavy (non-hydrogen) atoms. The molecule has 4 heteroatoms. The van der Waals surface area contributed by atoms with Gasteiger partial charge in [-0.3, -0.25) is 9.59 Å². The second kappa shape index (κ2) is 7.07. The van der Waals surface area contributed by atoms with Crippen molar-refractivity contribution >= 4 is 17.9 Å². The SMILES string of the molecule is CN(C)C(=O)C1CCN(C(=O)/C=C/c2ccccc2)CC1. The minimum atomic E-state index is 0.0228. The van der Waals surface area contributed by atoms with Crippen molar-refractivity contribution in [2.75, 3.05) is 27.2 Å². The van der Waals surface area contributed by atoms with Crippen LogP contribution in [0.25, 0.3) is 6.08 Å². The van der Waals surface area contributed by atoms with E-state index in [1.165, 1.54) is 0 Å². The Hall–Kier alpha value is -2.10. The second-order valence-corrected chi connectivity index (χ2v) is 5.58. The normalized spacial score (nSPS) is 16.2. The molecule has 112 valence electrons. The number of carbonyl (C=O) groups is 2.